The van der Waals surface area contributed by atoms with Gasteiger partial charge in [-0.1, -0.05) is 0 Å². The highest BCUT2D eigenvalue weighted by molar-refractivity contribution is 5.88. The smallest absolute Gasteiger partial charge is 0.316 e. The van der Waals surface area contributed by atoms with Gasteiger partial charge in [0.15, 0.2) is 0 Å². The molecule has 0 N–H and O–H groups in total. The minimum Gasteiger partial charge on any atom is -0.490 e. The van der Waals surface area contributed by atoms with Gasteiger partial charge in [0.2, 0.25) is 0 Å². The number of fused-ring (bicyclic) bond motifs is 1. The average molecular weight is 407 g/mol. The van der Waals surface area contributed by atoms with Crippen LogP contribution in [0, 0.1) is 0 Å². The van der Waals surface area contributed by atoms with E-state index in [1.807, 2.05) is 6.20 Å². The number of ether oxygens (including phenoxy) is 3. The number of hydrogen-bond acceptors (Lipinski definition) is 8. The lowest BCUT2D eigenvalue weighted by molar-refractivity contribution is 0.0758. The zero-order chi connectivity index (χ0) is 20.2. The first-order chi connectivity index (χ1) is 14.8. The first-order valence-corrected chi connectivity index (χ1v) is 10.5. The van der Waals surface area contributed by atoms with E-state index in [-0.39, 0.29) is 12.2 Å². The van der Waals surface area contributed by atoms with Crippen LogP contribution in [0.5, 0.6) is 11.8 Å². The van der Waals surface area contributed by atoms with Gasteiger partial charge in [-0.15, -0.1) is 0 Å². The summed E-state index contributed by atoms with van der Waals surface area (Å²) >= 11 is 0. The van der Waals surface area contributed by atoms with Gasteiger partial charge in [0.05, 0.1) is 30.2 Å². The van der Waals surface area contributed by atoms with Gasteiger partial charge in [-0.05, 0) is 37.8 Å². The Morgan fingerprint density at radius 3 is 2.40 bits per heavy atom. The van der Waals surface area contributed by atoms with Gasteiger partial charge >= 0.3 is 6.01 Å². The molecule has 2 fully saturated rings. The minimum absolute atomic E-state index is 0.131. The summed E-state index contributed by atoms with van der Waals surface area (Å²) in [5.41, 5.74) is 2.03. The van der Waals surface area contributed by atoms with Crippen LogP contribution in [0.1, 0.15) is 25.7 Å². The zero-order valence-electron chi connectivity index (χ0n) is 16.8. The Morgan fingerprint density at radius 2 is 1.63 bits per heavy atom. The van der Waals surface area contributed by atoms with E-state index in [2.05, 4.69) is 37.0 Å². The molecule has 0 bridgehead atoms. The Bertz CT molecular complexity index is 973. The topological polar surface area (TPSA) is 82.5 Å². The molecular formula is C22H25N5O3. The molecule has 1 aromatic carbocycles. The molecule has 5 rings (SSSR count). The molecule has 2 aliphatic rings. The van der Waals surface area contributed by atoms with Crippen molar-refractivity contribution < 1.29 is 14.2 Å². The highest BCUT2D eigenvalue weighted by Crippen LogP contribution is 2.34. The summed E-state index contributed by atoms with van der Waals surface area (Å²) in [5.74, 6) is 0.852. The van der Waals surface area contributed by atoms with Crippen LogP contribution >= 0.6 is 0 Å². The maximum absolute atomic E-state index is 6.47. The molecule has 8 heteroatoms. The first-order valence-electron chi connectivity index (χ1n) is 10.5. The van der Waals surface area contributed by atoms with Gasteiger partial charge in [0.1, 0.15) is 18.2 Å². The van der Waals surface area contributed by atoms with Crippen molar-refractivity contribution in [1.29, 1.82) is 0 Å². The van der Waals surface area contributed by atoms with E-state index in [4.69, 9.17) is 14.2 Å². The Morgan fingerprint density at radius 1 is 0.900 bits per heavy atom. The fraction of sp³-hybridized carbons (Fsp3) is 0.455. The lowest BCUT2D eigenvalue weighted by Gasteiger charge is -2.31. The lowest BCUT2D eigenvalue weighted by atomic mass is 9.95. The zero-order valence-corrected chi connectivity index (χ0v) is 16.8. The maximum atomic E-state index is 6.47. The van der Waals surface area contributed by atoms with Crippen LogP contribution in [0.4, 0.5) is 5.69 Å². The van der Waals surface area contributed by atoms with Gasteiger partial charge < -0.3 is 19.1 Å². The molecule has 0 atom stereocenters. The highest BCUT2D eigenvalue weighted by atomic mass is 16.5. The summed E-state index contributed by atoms with van der Waals surface area (Å²) < 4.78 is 17.9. The molecule has 2 aromatic heterocycles. The number of anilines is 1. The largest absolute Gasteiger partial charge is 0.490 e. The predicted octanol–water partition coefficient (Wildman–Crippen LogP) is 3.03. The van der Waals surface area contributed by atoms with E-state index in [9.17, 15) is 0 Å². The second-order valence-electron chi connectivity index (χ2n) is 7.66. The third-order valence-corrected chi connectivity index (χ3v) is 5.68. The molecule has 1 saturated heterocycles. The van der Waals surface area contributed by atoms with Crippen LogP contribution in [-0.4, -0.2) is 58.4 Å². The van der Waals surface area contributed by atoms with Gasteiger partial charge in [0, 0.05) is 43.4 Å². The van der Waals surface area contributed by atoms with Crippen LogP contribution in [0.25, 0.3) is 10.9 Å². The van der Waals surface area contributed by atoms with E-state index < -0.39 is 0 Å². The molecule has 156 valence electrons. The van der Waals surface area contributed by atoms with E-state index >= 15 is 0 Å². The molecule has 1 saturated carbocycles. The Hall–Kier alpha value is -3.00. The number of morpholine rings is 1. The van der Waals surface area contributed by atoms with E-state index in [0.717, 1.165) is 74.3 Å². The number of hydrogen-bond donors (Lipinski definition) is 0. The summed E-state index contributed by atoms with van der Waals surface area (Å²) in [6.07, 6.45) is 10.8. The van der Waals surface area contributed by atoms with E-state index in [0.29, 0.717) is 6.01 Å². The summed E-state index contributed by atoms with van der Waals surface area (Å²) in [6, 6.07) is 6.47. The molecule has 3 heterocycles. The van der Waals surface area contributed by atoms with Crippen LogP contribution in [0.2, 0.25) is 0 Å². The van der Waals surface area contributed by atoms with Gasteiger partial charge in [-0.25, -0.2) is 19.9 Å². The molecule has 0 unspecified atom stereocenters. The van der Waals surface area contributed by atoms with Gasteiger partial charge in [-0.3, -0.25) is 0 Å². The van der Waals surface area contributed by atoms with Gasteiger partial charge in [-0.2, -0.15) is 0 Å². The highest BCUT2D eigenvalue weighted by Gasteiger charge is 2.25. The molecule has 0 spiro atoms. The number of rotatable bonds is 5. The SMILES string of the molecule is c1cnc(O[C@H]2CC[C@@H](Oc3cc(N4CCOCC4)cc4ncncc34)CC2)nc1. The molecule has 0 amide bonds. The van der Waals surface area contributed by atoms with Crippen molar-refractivity contribution in [1.82, 2.24) is 19.9 Å². The van der Waals surface area contributed by atoms with E-state index in [1.165, 1.54) is 0 Å². The quantitative estimate of drug-likeness (QED) is 0.638. The fourth-order valence-corrected chi connectivity index (χ4v) is 4.08. The number of nitrogens with zero attached hydrogens (tertiary/aromatic N) is 5. The molecular weight excluding hydrogens is 382 g/mol. The molecule has 30 heavy (non-hydrogen) atoms. The Kier molecular flexibility index (Phi) is 5.56. The molecule has 0 radical (unpaired) electrons. The van der Waals surface area contributed by atoms with Crippen molar-refractivity contribution >= 4 is 16.6 Å². The summed E-state index contributed by atoms with van der Waals surface area (Å²) in [7, 11) is 0. The summed E-state index contributed by atoms with van der Waals surface area (Å²) in [4.78, 5) is 19.3. The second kappa shape index (κ2) is 8.79. The van der Waals surface area contributed by atoms with Crippen molar-refractivity contribution in [3.63, 3.8) is 0 Å². The van der Waals surface area contributed by atoms with Crippen LogP contribution < -0.4 is 14.4 Å². The molecule has 8 nitrogen and oxygen atoms in total. The molecule has 1 aliphatic carbocycles. The maximum Gasteiger partial charge on any atom is 0.316 e. The lowest BCUT2D eigenvalue weighted by Crippen LogP contribution is -2.36. The van der Waals surface area contributed by atoms with Crippen LogP contribution in [0.3, 0.4) is 0 Å². The van der Waals surface area contributed by atoms with Crippen LogP contribution in [-0.2, 0) is 4.74 Å². The Labute approximate surface area is 175 Å². The first kappa shape index (κ1) is 19.0. The van der Waals surface area contributed by atoms with Crippen molar-refractivity contribution in [3.8, 4) is 11.8 Å². The van der Waals surface area contributed by atoms with Crippen molar-refractivity contribution in [2.75, 3.05) is 31.2 Å². The Balaban J connectivity index is 1.29. The molecule has 3 aromatic rings. The van der Waals surface area contributed by atoms with Crippen molar-refractivity contribution in [3.05, 3.63) is 43.1 Å². The van der Waals surface area contributed by atoms with Crippen molar-refractivity contribution in [2.24, 2.45) is 0 Å². The van der Waals surface area contributed by atoms with Gasteiger partial charge in [0.25, 0.3) is 0 Å². The minimum atomic E-state index is 0.131. The van der Waals surface area contributed by atoms with Crippen molar-refractivity contribution in [2.45, 2.75) is 37.9 Å². The summed E-state index contributed by atoms with van der Waals surface area (Å²) in [6.45, 7) is 3.24. The third kappa shape index (κ3) is 4.28. The fourth-order valence-electron chi connectivity index (χ4n) is 4.08. The third-order valence-electron chi connectivity index (χ3n) is 5.68. The normalized spacial score (nSPS) is 22.1. The average Bonchev–Trinajstić information content (AvgIpc) is 2.81. The standard InChI is InChI=1S/C22H25N5O3/c1-6-24-22(25-7-1)30-18-4-2-17(3-5-18)29-21-13-16(27-8-10-28-11-9-27)12-20-19(21)14-23-15-26-20/h1,6-7,12-15,17-18H,2-5,8-11H2/t17-,18+. The number of benzene rings is 1. The summed E-state index contributed by atoms with van der Waals surface area (Å²) in [5, 5.41) is 0.950. The number of aromatic nitrogens is 4. The van der Waals surface area contributed by atoms with E-state index in [1.54, 1.807) is 24.8 Å². The monoisotopic (exact) mass is 407 g/mol. The van der Waals surface area contributed by atoms with Crippen LogP contribution in [0.15, 0.2) is 43.1 Å². The second-order valence-corrected chi connectivity index (χ2v) is 7.66. The predicted molar refractivity (Wildman–Crippen MR) is 112 cm³/mol. The molecule has 1 aliphatic heterocycles.